The highest BCUT2D eigenvalue weighted by Gasteiger charge is 2.17. The van der Waals surface area contributed by atoms with Crippen molar-refractivity contribution in [3.05, 3.63) is 56.1 Å². The van der Waals surface area contributed by atoms with Crippen LogP contribution in [-0.4, -0.2) is 12.0 Å². The van der Waals surface area contributed by atoms with Gasteiger partial charge in [0, 0.05) is 0 Å². The molecule has 0 saturated carbocycles. The van der Waals surface area contributed by atoms with Crippen molar-refractivity contribution < 1.29 is 14.4 Å². The number of nitro groups is 1. The molecule has 0 unspecified atom stereocenters. The van der Waals surface area contributed by atoms with E-state index in [2.05, 4.69) is 22.6 Å². The molecule has 0 fully saturated rings. The predicted molar refractivity (Wildman–Crippen MR) is 78.9 cm³/mol. The summed E-state index contributed by atoms with van der Waals surface area (Å²) in [6, 6.07) is 11.8. The normalized spacial score (nSPS) is 10.0. The van der Waals surface area contributed by atoms with Gasteiger partial charge in [-0.3, -0.25) is 10.1 Å². The van der Waals surface area contributed by atoms with Crippen LogP contribution in [0.4, 0.5) is 5.69 Å². The van der Waals surface area contributed by atoms with Gasteiger partial charge in [-0.05, 0) is 46.9 Å². The van der Waals surface area contributed by atoms with Gasteiger partial charge in [-0.25, -0.2) is 0 Å². The molecule has 2 rings (SSSR count). The van der Waals surface area contributed by atoms with E-state index < -0.39 is 4.92 Å². The van der Waals surface area contributed by atoms with Gasteiger partial charge in [0.05, 0.1) is 21.7 Å². The topological polar surface area (TPSA) is 61.6 Å². The second-order valence-corrected chi connectivity index (χ2v) is 4.79. The largest absolute Gasteiger partial charge is 0.496 e. The molecule has 0 aliphatic rings. The minimum absolute atomic E-state index is 0.126. The van der Waals surface area contributed by atoms with Gasteiger partial charge < -0.3 is 9.47 Å². The molecule has 0 atom stereocenters. The summed E-state index contributed by atoms with van der Waals surface area (Å²) in [6.07, 6.45) is 0. The maximum absolute atomic E-state index is 11.0. The molecule has 0 saturated heterocycles. The van der Waals surface area contributed by atoms with Crippen molar-refractivity contribution in [1.29, 1.82) is 0 Å². The highest BCUT2D eigenvalue weighted by molar-refractivity contribution is 14.1. The van der Waals surface area contributed by atoms with E-state index in [0.29, 0.717) is 11.5 Å². The lowest BCUT2D eigenvalue weighted by Gasteiger charge is -2.08. The Bertz CT molecular complexity index is 615. The van der Waals surface area contributed by atoms with Gasteiger partial charge >= 0.3 is 5.69 Å². The van der Waals surface area contributed by atoms with Crippen LogP contribution < -0.4 is 9.47 Å². The number of halogens is 1. The molecule has 2 aromatic carbocycles. The summed E-state index contributed by atoms with van der Waals surface area (Å²) >= 11 is 2.11. The maximum atomic E-state index is 11.0. The highest BCUT2D eigenvalue weighted by Crippen LogP contribution is 2.35. The van der Waals surface area contributed by atoms with Crippen molar-refractivity contribution in [3.8, 4) is 17.2 Å². The van der Waals surface area contributed by atoms with Crippen molar-refractivity contribution in [3.63, 3.8) is 0 Å². The van der Waals surface area contributed by atoms with Gasteiger partial charge in [0.1, 0.15) is 11.5 Å². The van der Waals surface area contributed by atoms with Crippen molar-refractivity contribution in [2.75, 3.05) is 7.11 Å². The highest BCUT2D eigenvalue weighted by atomic mass is 127. The van der Waals surface area contributed by atoms with Gasteiger partial charge in [0.25, 0.3) is 0 Å². The second-order valence-electron chi connectivity index (χ2n) is 3.62. The zero-order valence-electron chi connectivity index (χ0n) is 10.00. The van der Waals surface area contributed by atoms with Gasteiger partial charge in [-0.2, -0.15) is 0 Å². The third-order valence-corrected chi connectivity index (χ3v) is 3.31. The van der Waals surface area contributed by atoms with Crippen LogP contribution in [0.25, 0.3) is 0 Å². The molecule has 0 N–H and O–H groups in total. The molecule has 0 heterocycles. The number of nitrogens with zero attached hydrogens (tertiary/aromatic N) is 1. The third-order valence-electron chi connectivity index (χ3n) is 2.42. The molecule has 6 heteroatoms. The van der Waals surface area contributed by atoms with Crippen molar-refractivity contribution >= 4 is 28.3 Å². The Kier molecular flexibility index (Phi) is 4.20. The number of nitro benzene ring substituents is 1. The van der Waals surface area contributed by atoms with E-state index in [9.17, 15) is 10.1 Å². The van der Waals surface area contributed by atoms with Crippen LogP contribution in [0.2, 0.25) is 0 Å². The minimum atomic E-state index is -0.492. The summed E-state index contributed by atoms with van der Waals surface area (Å²) in [5, 5.41) is 11.0. The first kappa shape index (κ1) is 13.6. The van der Waals surface area contributed by atoms with Crippen LogP contribution >= 0.6 is 22.6 Å². The first-order chi connectivity index (χ1) is 9.11. The Morgan fingerprint density at radius 3 is 2.53 bits per heavy atom. The van der Waals surface area contributed by atoms with E-state index in [1.54, 1.807) is 12.1 Å². The predicted octanol–water partition coefficient (Wildman–Crippen LogP) is 4.00. The van der Waals surface area contributed by atoms with E-state index in [1.165, 1.54) is 19.2 Å². The summed E-state index contributed by atoms with van der Waals surface area (Å²) in [5.74, 6) is 1.19. The van der Waals surface area contributed by atoms with Crippen molar-refractivity contribution in [2.24, 2.45) is 0 Å². The van der Waals surface area contributed by atoms with Crippen LogP contribution in [0, 0.1) is 13.7 Å². The van der Waals surface area contributed by atoms with Crippen LogP contribution in [-0.2, 0) is 0 Å². The molecule has 0 spiro atoms. The van der Waals surface area contributed by atoms with Crippen molar-refractivity contribution in [2.45, 2.75) is 0 Å². The van der Waals surface area contributed by atoms with Crippen LogP contribution in [0.1, 0.15) is 0 Å². The Morgan fingerprint density at radius 2 is 1.89 bits per heavy atom. The van der Waals surface area contributed by atoms with Crippen LogP contribution in [0.3, 0.4) is 0 Å². The summed E-state index contributed by atoms with van der Waals surface area (Å²) < 4.78 is 11.4. The van der Waals surface area contributed by atoms with Crippen LogP contribution in [0.5, 0.6) is 17.2 Å². The van der Waals surface area contributed by atoms with Gasteiger partial charge in [-0.15, -0.1) is 0 Å². The van der Waals surface area contributed by atoms with Crippen molar-refractivity contribution in [1.82, 2.24) is 0 Å². The molecular weight excluding hydrogens is 361 g/mol. The van der Waals surface area contributed by atoms with E-state index in [4.69, 9.17) is 9.47 Å². The number of hydrogen-bond donors (Lipinski definition) is 0. The number of ether oxygens (including phenoxy) is 2. The average molecular weight is 371 g/mol. The summed E-state index contributed by atoms with van der Waals surface area (Å²) in [7, 11) is 1.46. The van der Waals surface area contributed by atoms with Gasteiger partial charge in [0.2, 0.25) is 5.75 Å². The molecular formula is C13H10INO4. The van der Waals surface area contributed by atoms with Gasteiger partial charge in [0.15, 0.2) is 0 Å². The van der Waals surface area contributed by atoms with Gasteiger partial charge in [-0.1, -0.05) is 12.1 Å². The molecule has 19 heavy (non-hydrogen) atoms. The monoisotopic (exact) mass is 371 g/mol. The van der Waals surface area contributed by atoms with E-state index in [-0.39, 0.29) is 11.4 Å². The third kappa shape index (κ3) is 3.14. The quantitative estimate of drug-likeness (QED) is 0.463. The molecule has 98 valence electrons. The standard InChI is InChI=1S/C13H10INO4/c1-18-9-6-7-13(11(8-9)15(16)17)19-12-5-3-2-4-10(12)14/h2-8H,1H3. The molecule has 0 radical (unpaired) electrons. The lowest BCUT2D eigenvalue weighted by molar-refractivity contribution is -0.385. The fraction of sp³-hybridized carbons (Fsp3) is 0.0769. The zero-order valence-corrected chi connectivity index (χ0v) is 12.2. The molecule has 2 aromatic rings. The molecule has 0 aliphatic heterocycles. The number of hydrogen-bond acceptors (Lipinski definition) is 4. The van der Waals surface area contributed by atoms with E-state index >= 15 is 0 Å². The molecule has 0 bridgehead atoms. The second kappa shape index (κ2) is 5.87. The fourth-order valence-corrected chi connectivity index (χ4v) is 2.00. The lowest BCUT2D eigenvalue weighted by Crippen LogP contribution is -1.95. The number of rotatable bonds is 4. The fourth-order valence-electron chi connectivity index (χ4n) is 1.50. The maximum Gasteiger partial charge on any atom is 0.315 e. The Labute approximate surface area is 123 Å². The first-order valence-corrected chi connectivity index (χ1v) is 6.44. The van der Waals surface area contributed by atoms with E-state index in [1.807, 2.05) is 18.2 Å². The lowest BCUT2D eigenvalue weighted by atomic mass is 10.2. The molecule has 5 nitrogen and oxygen atoms in total. The Morgan fingerprint density at radius 1 is 1.16 bits per heavy atom. The molecule has 0 amide bonds. The molecule has 0 aromatic heterocycles. The SMILES string of the molecule is COc1ccc(Oc2ccccc2I)c([N+](=O)[O-])c1. The Hall–Kier alpha value is -1.83. The zero-order chi connectivity index (χ0) is 13.8. The summed E-state index contributed by atoms with van der Waals surface area (Å²) in [6.45, 7) is 0. The van der Waals surface area contributed by atoms with E-state index in [0.717, 1.165) is 3.57 Å². The summed E-state index contributed by atoms with van der Waals surface area (Å²) in [4.78, 5) is 10.5. The minimum Gasteiger partial charge on any atom is -0.496 e. The average Bonchev–Trinajstić information content (AvgIpc) is 2.41. The number of methoxy groups -OCH3 is 1. The number of benzene rings is 2. The molecule has 0 aliphatic carbocycles. The smallest absolute Gasteiger partial charge is 0.315 e. The number of para-hydroxylation sites is 1. The van der Waals surface area contributed by atoms with Crippen LogP contribution in [0.15, 0.2) is 42.5 Å². The Balaban J connectivity index is 2.40. The summed E-state index contributed by atoms with van der Waals surface area (Å²) in [5.41, 5.74) is -0.126. The first-order valence-electron chi connectivity index (χ1n) is 5.36.